The van der Waals surface area contributed by atoms with E-state index in [1.807, 2.05) is 42.5 Å². The maximum Gasteiger partial charge on any atom is 0.243 e. The summed E-state index contributed by atoms with van der Waals surface area (Å²) in [5.41, 5.74) is 2.16. The maximum absolute atomic E-state index is 11.3. The summed E-state index contributed by atoms with van der Waals surface area (Å²) in [7, 11) is 1.65. The lowest BCUT2D eigenvalue weighted by Crippen LogP contribution is -2.22. The van der Waals surface area contributed by atoms with Gasteiger partial charge in [0.05, 0.1) is 24.8 Å². The van der Waals surface area contributed by atoms with Crippen LogP contribution in [0.5, 0.6) is 11.5 Å². The molecule has 30 heavy (non-hydrogen) atoms. The third-order valence-corrected chi connectivity index (χ3v) is 4.90. The van der Waals surface area contributed by atoms with Gasteiger partial charge < -0.3 is 19.4 Å². The molecule has 0 fully saturated rings. The van der Waals surface area contributed by atoms with Gasteiger partial charge in [-0.15, -0.1) is 0 Å². The number of aromatic nitrogens is 2. The fourth-order valence-electron chi connectivity index (χ4n) is 3.33. The van der Waals surface area contributed by atoms with Crippen LogP contribution in [0.25, 0.3) is 11.0 Å². The highest BCUT2D eigenvalue weighted by atomic mass is 16.5. The first-order chi connectivity index (χ1) is 14.7. The van der Waals surface area contributed by atoms with Gasteiger partial charge in [0.1, 0.15) is 17.3 Å². The number of amides is 1. The van der Waals surface area contributed by atoms with Crippen molar-refractivity contribution in [1.82, 2.24) is 14.9 Å². The van der Waals surface area contributed by atoms with Crippen molar-refractivity contribution >= 4 is 16.9 Å². The van der Waals surface area contributed by atoms with Crippen LogP contribution >= 0.6 is 0 Å². The molecule has 0 aliphatic heterocycles. The minimum atomic E-state index is -0.139. The van der Waals surface area contributed by atoms with Crippen LogP contribution in [-0.4, -0.2) is 35.7 Å². The summed E-state index contributed by atoms with van der Waals surface area (Å²) in [5, 5.41) is 2.82. The monoisotopic (exact) mass is 407 g/mol. The van der Waals surface area contributed by atoms with Crippen LogP contribution in [0, 0.1) is 0 Å². The molecule has 6 heteroatoms. The summed E-state index contributed by atoms with van der Waals surface area (Å²) in [6, 6.07) is 15.9. The quantitative estimate of drug-likeness (QED) is 0.362. The number of unbranched alkanes of at least 4 members (excludes halogenated alkanes) is 1. The second-order valence-electron chi connectivity index (χ2n) is 7.00. The van der Waals surface area contributed by atoms with Crippen molar-refractivity contribution in [1.29, 1.82) is 0 Å². The molecule has 1 N–H and O–H groups in total. The predicted octanol–water partition coefficient (Wildman–Crippen LogP) is 4.14. The van der Waals surface area contributed by atoms with Crippen LogP contribution in [0.4, 0.5) is 0 Å². The van der Waals surface area contributed by atoms with Crippen LogP contribution in [0.2, 0.25) is 0 Å². The number of carbonyl (C=O) groups is 1. The second-order valence-corrected chi connectivity index (χ2v) is 7.00. The van der Waals surface area contributed by atoms with Crippen LogP contribution in [0.15, 0.2) is 61.2 Å². The van der Waals surface area contributed by atoms with E-state index in [0.29, 0.717) is 13.2 Å². The average molecular weight is 408 g/mol. The molecule has 0 atom stereocenters. The summed E-state index contributed by atoms with van der Waals surface area (Å²) in [6.07, 6.45) is 4.89. The molecule has 1 heterocycles. The Morgan fingerprint density at radius 2 is 1.87 bits per heavy atom. The molecule has 0 spiro atoms. The zero-order valence-corrected chi connectivity index (χ0v) is 17.5. The van der Waals surface area contributed by atoms with Crippen LogP contribution < -0.4 is 14.8 Å². The number of nitrogens with one attached hydrogen (secondary N) is 1. The molecule has 158 valence electrons. The van der Waals surface area contributed by atoms with Gasteiger partial charge in [-0.25, -0.2) is 4.98 Å². The average Bonchev–Trinajstić information content (AvgIpc) is 3.14. The van der Waals surface area contributed by atoms with Crippen molar-refractivity contribution in [3.05, 3.63) is 67.0 Å². The van der Waals surface area contributed by atoms with E-state index in [9.17, 15) is 4.79 Å². The lowest BCUT2D eigenvalue weighted by Gasteiger charge is -2.10. The molecule has 0 bridgehead atoms. The highest BCUT2D eigenvalue weighted by Gasteiger charge is 2.10. The zero-order valence-electron chi connectivity index (χ0n) is 17.5. The number of methoxy groups -OCH3 is 1. The van der Waals surface area contributed by atoms with Gasteiger partial charge in [0, 0.05) is 19.5 Å². The first-order valence-electron chi connectivity index (χ1n) is 10.3. The number of carbonyl (C=O) groups excluding carboxylic acids is 1. The van der Waals surface area contributed by atoms with E-state index < -0.39 is 0 Å². The Morgan fingerprint density at radius 3 is 2.63 bits per heavy atom. The van der Waals surface area contributed by atoms with Crippen LogP contribution in [0.3, 0.4) is 0 Å². The molecule has 0 aliphatic rings. The summed E-state index contributed by atoms with van der Waals surface area (Å²) in [4.78, 5) is 16.1. The van der Waals surface area contributed by atoms with E-state index in [4.69, 9.17) is 14.5 Å². The number of imidazole rings is 1. The van der Waals surface area contributed by atoms with Gasteiger partial charge >= 0.3 is 0 Å². The molecular weight excluding hydrogens is 378 g/mol. The highest BCUT2D eigenvalue weighted by molar-refractivity contribution is 5.86. The maximum atomic E-state index is 11.3. The molecule has 3 aromatic rings. The lowest BCUT2D eigenvalue weighted by molar-refractivity contribution is -0.116. The second kappa shape index (κ2) is 11.0. The van der Waals surface area contributed by atoms with Gasteiger partial charge in [-0.3, -0.25) is 4.79 Å². The van der Waals surface area contributed by atoms with E-state index in [0.717, 1.165) is 60.6 Å². The van der Waals surface area contributed by atoms with E-state index in [1.165, 1.54) is 6.08 Å². The SMILES string of the molecule is C=CC(=O)NCCCc1nc2ccccc2n1CCCCOc1ccc(OC)cc1. The summed E-state index contributed by atoms with van der Waals surface area (Å²) in [6.45, 7) is 5.65. The third kappa shape index (κ3) is 5.86. The fourth-order valence-corrected chi connectivity index (χ4v) is 3.33. The molecule has 6 nitrogen and oxygen atoms in total. The first-order valence-corrected chi connectivity index (χ1v) is 10.3. The van der Waals surface area contributed by atoms with Crippen LogP contribution in [0.1, 0.15) is 25.1 Å². The van der Waals surface area contributed by atoms with E-state index >= 15 is 0 Å². The molecule has 0 unspecified atom stereocenters. The first kappa shape index (κ1) is 21.4. The Morgan fingerprint density at radius 1 is 1.10 bits per heavy atom. The van der Waals surface area contributed by atoms with Crippen molar-refractivity contribution < 1.29 is 14.3 Å². The fraction of sp³-hybridized carbons (Fsp3) is 0.333. The summed E-state index contributed by atoms with van der Waals surface area (Å²) < 4.78 is 13.3. The molecular formula is C24H29N3O3. The largest absolute Gasteiger partial charge is 0.497 e. The van der Waals surface area contributed by atoms with Crippen molar-refractivity contribution in [2.45, 2.75) is 32.2 Å². The molecule has 3 rings (SSSR count). The zero-order chi connectivity index (χ0) is 21.2. The molecule has 0 saturated carbocycles. The van der Waals surface area contributed by atoms with Crippen molar-refractivity contribution in [3.8, 4) is 11.5 Å². The predicted molar refractivity (Wildman–Crippen MR) is 119 cm³/mol. The van der Waals surface area contributed by atoms with Crippen LogP contribution in [-0.2, 0) is 17.8 Å². The minimum Gasteiger partial charge on any atom is -0.497 e. The van der Waals surface area contributed by atoms with Gasteiger partial charge in [0.15, 0.2) is 0 Å². The Hall–Kier alpha value is -3.28. The molecule has 1 aromatic heterocycles. The topological polar surface area (TPSA) is 65.4 Å². The number of ether oxygens (including phenoxy) is 2. The number of benzene rings is 2. The van der Waals surface area contributed by atoms with Crippen molar-refractivity contribution in [2.24, 2.45) is 0 Å². The Kier molecular flexibility index (Phi) is 7.89. The Balaban J connectivity index is 1.52. The number of rotatable bonds is 12. The Bertz CT molecular complexity index is 963. The molecule has 0 saturated heterocycles. The number of hydrogen-bond donors (Lipinski definition) is 1. The van der Waals surface area contributed by atoms with Crippen molar-refractivity contribution in [3.63, 3.8) is 0 Å². The minimum absolute atomic E-state index is 0.139. The Labute approximate surface area is 177 Å². The standard InChI is InChI=1S/C24H29N3O3/c1-3-24(28)25-16-8-11-23-26-21-9-4-5-10-22(21)27(23)17-6-7-18-30-20-14-12-19(29-2)13-15-20/h3-5,9-10,12-15H,1,6-8,11,16-18H2,2H3,(H,25,28). The third-order valence-electron chi connectivity index (χ3n) is 4.90. The number of para-hydroxylation sites is 2. The van der Waals surface area contributed by atoms with E-state index in [-0.39, 0.29) is 5.91 Å². The lowest BCUT2D eigenvalue weighted by atomic mass is 10.2. The number of aryl methyl sites for hydroxylation is 2. The van der Waals surface area contributed by atoms with Crippen molar-refractivity contribution in [2.75, 3.05) is 20.3 Å². The van der Waals surface area contributed by atoms with E-state index in [2.05, 4.69) is 22.5 Å². The smallest absolute Gasteiger partial charge is 0.243 e. The van der Waals surface area contributed by atoms with Gasteiger partial charge in [-0.05, 0) is 61.7 Å². The molecule has 2 aromatic carbocycles. The van der Waals surface area contributed by atoms with Gasteiger partial charge in [0.25, 0.3) is 0 Å². The van der Waals surface area contributed by atoms with Gasteiger partial charge in [-0.2, -0.15) is 0 Å². The van der Waals surface area contributed by atoms with E-state index in [1.54, 1.807) is 7.11 Å². The molecule has 0 aliphatic carbocycles. The molecule has 1 amide bonds. The summed E-state index contributed by atoms with van der Waals surface area (Å²) >= 11 is 0. The number of hydrogen-bond acceptors (Lipinski definition) is 4. The molecule has 0 radical (unpaired) electrons. The van der Waals surface area contributed by atoms with Gasteiger partial charge in [0.2, 0.25) is 5.91 Å². The normalized spacial score (nSPS) is 10.7. The number of nitrogens with zero attached hydrogens (tertiary/aromatic N) is 2. The highest BCUT2D eigenvalue weighted by Crippen LogP contribution is 2.19. The number of fused-ring (bicyclic) bond motifs is 1. The summed E-state index contributed by atoms with van der Waals surface area (Å²) in [5.74, 6) is 2.59. The van der Waals surface area contributed by atoms with Gasteiger partial charge in [-0.1, -0.05) is 18.7 Å².